The quantitative estimate of drug-likeness (QED) is 0.715. The monoisotopic (exact) mass is 325 g/mol. The average Bonchev–Trinajstić information content (AvgIpc) is 3.17. The van der Waals surface area contributed by atoms with Gasteiger partial charge in [0, 0.05) is 0 Å². The third-order valence-electron chi connectivity index (χ3n) is 5.21. The van der Waals surface area contributed by atoms with E-state index in [4.69, 9.17) is 0 Å². The molecule has 2 aliphatic rings. The highest BCUT2D eigenvalue weighted by Crippen LogP contribution is 2.31. The summed E-state index contributed by atoms with van der Waals surface area (Å²) in [6.07, 6.45) is 7.69. The Balaban J connectivity index is 2.19. The van der Waals surface area contributed by atoms with Crippen molar-refractivity contribution in [3.8, 4) is 0 Å². The molecule has 0 N–H and O–H groups in total. The van der Waals surface area contributed by atoms with Crippen LogP contribution in [-0.2, 0) is 5.41 Å². The largest absolute Gasteiger partial charge is 0.0801 e. The SMILES string of the molecule is CC(C)=c1[c]c2c(cc1C(C)(C)C)=c1ccccc1=C2C1=CC=CC1. The van der Waals surface area contributed by atoms with Crippen molar-refractivity contribution in [2.45, 2.75) is 46.5 Å². The van der Waals surface area contributed by atoms with E-state index in [9.17, 15) is 0 Å². The number of rotatable bonds is 1. The standard InChI is InChI=1S/C25H25/c1-16(2)20-14-22-21(15-23(20)25(3,4)5)18-12-8-9-13-19(18)24(22)17-10-6-7-11-17/h6-10,12-13,15H,11H2,1-5H3. The number of hydrogen-bond donors (Lipinski definition) is 0. The fourth-order valence-electron chi connectivity index (χ4n) is 3.98. The zero-order valence-corrected chi connectivity index (χ0v) is 15.8. The lowest BCUT2D eigenvalue weighted by Gasteiger charge is -2.21. The van der Waals surface area contributed by atoms with Gasteiger partial charge < -0.3 is 0 Å². The minimum absolute atomic E-state index is 0.101. The molecule has 0 heterocycles. The summed E-state index contributed by atoms with van der Waals surface area (Å²) in [7, 11) is 0. The third-order valence-corrected chi connectivity index (χ3v) is 5.21. The molecule has 0 aliphatic heterocycles. The van der Waals surface area contributed by atoms with Gasteiger partial charge in [-0.05, 0) is 81.0 Å². The molecule has 0 heteroatoms. The molecule has 0 spiro atoms. The van der Waals surface area contributed by atoms with Crippen LogP contribution in [0.15, 0.2) is 54.1 Å². The van der Waals surface area contributed by atoms with Gasteiger partial charge in [-0.15, -0.1) is 0 Å². The van der Waals surface area contributed by atoms with E-state index in [0.29, 0.717) is 0 Å². The topological polar surface area (TPSA) is 0 Å². The first-order chi connectivity index (χ1) is 11.9. The van der Waals surface area contributed by atoms with E-state index >= 15 is 0 Å². The van der Waals surface area contributed by atoms with Crippen LogP contribution in [0.25, 0.3) is 11.1 Å². The van der Waals surface area contributed by atoms with Crippen LogP contribution in [0.1, 0.15) is 52.2 Å². The number of allylic oxidation sites excluding steroid dienone is 4. The van der Waals surface area contributed by atoms with Gasteiger partial charge >= 0.3 is 0 Å². The summed E-state index contributed by atoms with van der Waals surface area (Å²) < 4.78 is 0. The maximum absolute atomic E-state index is 3.83. The van der Waals surface area contributed by atoms with Gasteiger partial charge in [0.2, 0.25) is 0 Å². The molecular weight excluding hydrogens is 300 g/mol. The second kappa shape index (κ2) is 5.59. The predicted molar refractivity (Wildman–Crippen MR) is 106 cm³/mol. The van der Waals surface area contributed by atoms with Gasteiger partial charge in [-0.3, -0.25) is 0 Å². The van der Waals surface area contributed by atoms with Gasteiger partial charge in [-0.1, -0.05) is 68.8 Å². The number of fused-ring (bicyclic) bond motifs is 2. The minimum Gasteiger partial charge on any atom is -0.0801 e. The van der Waals surface area contributed by atoms with E-state index < -0.39 is 0 Å². The molecule has 0 aromatic heterocycles. The van der Waals surface area contributed by atoms with Crippen LogP contribution in [0.4, 0.5) is 0 Å². The molecule has 0 saturated carbocycles. The van der Waals surface area contributed by atoms with E-state index in [1.54, 1.807) is 0 Å². The molecule has 0 fully saturated rings. The highest BCUT2D eigenvalue weighted by atomic mass is 14.3. The number of hydrogen-bond acceptors (Lipinski definition) is 0. The molecule has 0 amide bonds. The van der Waals surface area contributed by atoms with Crippen molar-refractivity contribution in [2.24, 2.45) is 0 Å². The zero-order chi connectivity index (χ0) is 17.8. The zero-order valence-electron chi connectivity index (χ0n) is 15.8. The summed E-state index contributed by atoms with van der Waals surface area (Å²) in [4.78, 5) is 0. The Morgan fingerprint density at radius 2 is 1.72 bits per heavy atom. The Bertz CT molecular complexity index is 1140. The third kappa shape index (κ3) is 2.52. The van der Waals surface area contributed by atoms with Crippen molar-refractivity contribution in [1.82, 2.24) is 0 Å². The van der Waals surface area contributed by atoms with Crippen LogP contribution in [-0.4, -0.2) is 0 Å². The van der Waals surface area contributed by atoms with Crippen LogP contribution >= 0.6 is 0 Å². The summed E-state index contributed by atoms with van der Waals surface area (Å²) in [5.41, 5.74) is 6.89. The normalized spacial score (nSPS) is 15.2. The Kier molecular flexibility index (Phi) is 3.61. The van der Waals surface area contributed by atoms with Crippen molar-refractivity contribution in [2.75, 3.05) is 0 Å². The molecule has 2 aliphatic carbocycles. The van der Waals surface area contributed by atoms with E-state index in [2.05, 4.69) is 89.2 Å². The molecule has 125 valence electrons. The average molecular weight is 325 g/mol. The van der Waals surface area contributed by atoms with Crippen LogP contribution in [0.3, 0.4) is 0 Å². The first-order valence-electron chi connectivity index (χ1n) is 9.12. The summed E-state index contributed by atoms with van der Waals surface area (Å²) in [6.45, 7) is 11.3. The van der Waals surface area contributed by atoms with Gasteiger partial charge in [0.1, 0.15) is 0 Å². The van der Waals surface area contributed by atoms with E-state index in [1.807, 2.05) is 0 Å². The van der Waals surface area contributed by atoms with Gasteiger partial charge in [-0.25, -0.2) is 0 Å². The van der Waals surface area contributed by atoms with Gasteiger partial charge in [0.05, 0.1) is 0 Å². The Morgan fingerprint density at radius 3 is 2.32 bits per heavy atom. The molecule has 0 unspecified atom stereocenters. The van der Waals surface area contributed by atoms with Crippen molar-refractivity contribution in [1.29, 1.82) is 0 Å². The van der Waals surface area contributed by atoms with E-state index in [0.717, 1.165) is 6.42 Å². The van der Waals surface area contributed by atoms with Gasteiger partial charge in [-0.2, -0.15) is 0 Å². The Morgan fingerprint density at radius 1 is 1.00 bits per heavy atom. The van der Waals surface area contributed by atoms with Crippen LogP contribution in [0.2, 0.25) is 0 Å². The Hall–Kier alpha value is -2.34. The lowest BCUT2D eigenvalue weighted by atomic mass is 9.83. The molecule has 2 aromatic rings. The molecule has 25 heavy (non-hydrogen) atoms. The maximum atomic E-state index is 3.83. The van der Waals surface area contributed by atoms with Crippen molar-refractivity contribution < 1.29 is 0 Å². The summed E-state index contributed by atoms with van der Waals surface area (Å²) >= 11 is 0. The van der Waals surface area contributed by atoms with E-state index in [1.165, 1.54) is 48.7 Å². The van der Waals surface area contributed by atoms with Crippen molar-refractivity contribution in [3.05, 3.63) is 92.2 Å². The van der Waals surface area contributed by atoms with Crippen LogP contribution in [0.5, 0.6) is 0 Å². The second-order valence-corrected chi connectivity index (χ2v) is 8.34. The predicted octanol–water partition coefficient (Wildman–Crippen LogP) is 4.66. The van der Waals surface area contributed by atoms with Gasteiger partial charge in [0.25, 0.3) is 0 Å². The van der Waals surface area contributed by atoms with Crippen molar-refractivity contribution >= 4 is 11.1 Å². The highest BCUT2D eigenvalue weighted by Gasteiger charge is 2.22. The van der Waals surface area contributed by atoms with E-state index in [-0.39, 0.29) is 5.41 Å². The Labute approximate surface area is 150 Å². The summed E-state index contributed by atoms with van der Waals surface area (Å²) in [6, 6.07) is 15.1. The first-order valence-corrected chi connectivity index (χ1v) is 9.12. The lowest BCUT2D eigenvalue weighted by molar-refractivity contribution is 0.585. The first kappa shape index (κ1) is 16.1. The summed E-state index contributed by atoms with van der Waals surface area (Å²) in [5, 5.41) is 5.33. The van der Waals surface area contributed by atoms with Crippen molar-refractivity contribution in [3.63, 3.8) is 0 Å². The highest BCUT2D eigenvalue weighted by molar-refractivity contribution is 5.82. The second-order valence-electron chi connectivity index (χ2n) is 8.34. The fraction of sp³-hybridized carbons (Fsp3) is 0.280. The van der Waals surface area contributed by atoms with Gasteiger partial charge in [0.15, 0.2) is 0 Å². The number of benzene rings is 2. The molecule has 2 aromatic carbocycles. The molecule has 0 nitrogen and oxygen atoms in total. The van der Waals surface area contributed by atoms with Crippen LogP contribution < -0.4 is 10.4 Å². The molecular formula is C25H25. The van der Waals surface area contributed by atoms with Crippen LogP contribution in [0, 0.1) is 16.5 Å². The maximum Gasteiger partial charge on any atom is -0.00108 e. The smallest absolute Gasteiger partial charge is 0.00108 e. The molecule has 0 saturated heterocycles. The minimum atomic E-state index is 0.101. The lowest BCUT2D eigenvalue weighted by Crippen LogP contribution is -2.24. The molecule has 1 radical (unpaired) electrons. The fourth-order valence-corrected chi connectivity index (χ4v) is 3.98. The molecule has 0 bridgehead atoms. The summed E-state index contributed by atoms with van der Waals surface area (Å²) in [5.74, 6) is 0. The molecule has 0 atom stereocenters. The molecule has 4 rings (SSSR count).